The number of rotatable bonds is 7. The lowest BCUT2D eigenvalue weighted by Gasteiger charge is -2.08. The molecule has 2 amide bonds. The summed E-state index contributed by atoms with van der Waals surface area (Å²) in [6.45, 7) is 1.64. The van der Waals surface area contributed by atoms with Crippen LogP contribution in [0.4, 0.5) is 11.4 Å². The van der Waals surface area contributed by atoms with Crippen molar-refractivity contribution < 1.29 is 19.6 Å². The quantitative estimate of drug-likeness (QED) is 0.391. The van der Waals surface area contributed by atoms with Crippen LogP contribution in [0.25, 0.3) is 0 Å². The molecule has 3 N–H and O–H groups in total. The summed E-state index contributed by atoms with van der Waals surface area (Å²) < 4.78 is 0. The fourth-order valence-electron chi connectivity index (χ4n) is 2.17. The number of nitro benzene ring substituents is 1. The Bertz CT molecular complexity index is 895. The molecule has 2 rings (SSSR count). The molecule has 2 aromatic rings. The highest BCUT2D eigenvalue weighted by Crippen LogP contribution is 2.21. The van der Waals surface area contributed by atoms with Gasteiger partial charge in [0.2, 0.25) is 11.8 Å². The first kappa shape index (κ1) is 19.6. The standard InChI is InChI=1S/C18H18N4O5/c1-12-10-14(22(26)27)6-7-15(12)20-17(24)8-9-18(25)21-19-11-13-4-2-3-5-16(13)23/h2-7,10-11,23H,8-9H2,1H3,(H,20,24)(H,21,25). The van der Waals surface area contributed by atoms with Crippen molar-refractivity contribution in [3.8, 4) is 5.75 Å². The third kappa shape index (κ3) is 5.92. The summed E-state index contributed by atoms with van der Waals surface area (Å²) in [7, 11) is 0. The van der Waals surface area contributed by atoms with E-state index in [2.05, 4.69) is 15.8 Å². The Morgan fingerprint density at radius 1 is 1.19 bits per heavy atom. The van der Waals surface area contributed by atoms with Gasteiger partial charge in [-0.15, -0.1) is 0 Å². The van der Waals surface area contributed by atoms with E-state index in [9.17, 15) is 24.8 Å². The molecule has 0 heterocycles. The van der Waals surface area contributed by atoms with Gasteiger partial charge in [0.25, 0.3) is 5.69 Å². The molecular weight excluding hydrogens is 352 g/mol. The van der Waals surface area contributed by atoms with Crippen molar-refractivity contribution in [3.05, 3.63) is 63.7 Å². The van der Waals surface area contributed by atoms with Crippen molar-refractivity contribution in [1.82, 2.24) is 5.43 Å². The number of carbonyl (C=O) groups excluding carboxylic acids is 2. The number of aromatic hydroxyl groups is 1. The minimum Gasteiger partial charge on any atom is -0.507 e. The molecule has 0 fully saturated rings. The second kappa shape index (κ2) is 9.09. The zero-order valence-corrected chi connectivity index (χ0v) is 14.5. The number of phenols is 1. The first-order valence-electron chi connectivity index (χ1n) is 8.01. The summed E-state index contributed by atoms with van der Waals surface area (Å²) in [6, 6.07) is 10.6. The normalized spacial score (nSPS) is 10.6. The molecule has 27 heavy (non-hydrogen) atoms. The van der Waals surface area contributed by atoms with Gasteiger partial charge < -0.3 is 10.4 Å². The summed E-state index contributed by atoms with van der Waals surface area (Å²) in [5.74, 6) is -0.822. The molecule has 0 atom stereocenters. The second-order valence-electron chi connectivity index (χ2n) is 5.66. The van der Waals surface area contributed by atoms with E-state index < -0.39 is 16.7 Å². The van der Waals surface area contributed by atoms with Gasteiger partial charge in [-0.05, 0) is 30.7 Å². The number of para-hydroxylation sites is 1. The van der Waals surface area contributed by atoms with Crippen molar-refractivity contribution in [2.45, 2.75) is 19.8 Å². The van der Waals surface area contributed by atoms with Gasteiger partial charge in [-0.1, -0.05) is 12.1 Å². The minimum atomic E-state index is -0.515. The van der Waals surface area contributed by atoms with Crippen LogP contribution in [0.2, 0.25) is 0 Å². The third-order valence-electron chi connectivity index (χ3n) is 3.60. The van der Waals surface area contributed by atoms with Gasteiger partial charge >= 0.3 is 0 Å². The second-order valence-corrected chi connectivity index (χ2v) is 5.66. The minimum absolute atomic E-state index is 0.0355. The lowest BCUT2D eigenvalue weighted by molar-refractivity contribution is -0.384. The zero-order chi connectivity index (χ0) is 19.8. The van der Waals surface area contributed by atoms with E-state index in [4.69, 9.17) is 0 Å². The maximum Gasteiger partial charge on any atom is 0.269 e. The maximum atomic E-state index is 11.9. The van der Waals surface area contributed by atoms with Gasteiger partial charge in [0, 0.05) is 36.2 Å². The summed E-state index contributed by atoms with van der Waals surface area (Å²) in [5.41, 5.74) is 3.66. The van der Waals surface area contributed by atoms with Crippen LogP contribution in [0.5, 0.6) is 5.75 Å². The van der Waals surface area contributed by atoms with E-state index in [-0.39, 0.29) is 24.3 Å². The number of nitro groups is 1. The van der Waals surface area contributed by atoms with Crippen molar-refractivity contribution >= 4 is 29.4 Å². The highest BCUT2D eigenvalue weighted by molar-refractivity contribution is 5.94. The van der Waals surface area contributed by atoms with Crippen LogP contribution in [0, 0.1) is 17.0 Å². The Labute approximate surface area is 154 Å². The summed E-state index contributed by atoms with van der Waals surface area (Å²) in [5, 5.41) is 26.6. The number of nitrogens with one attached hydrogen (secondary N) is 2. The van der Waals surface area contributed by atoms with Gasteiger partial charge in [-0.3, -0.25) is 19.7 Å². The highest BCUT2D eigenvalue weighted by atomic mass is 16.6. The molecule has 0 spiro atoms. The summed E-state index contributed by atoms with van der Waals surface area (Å²) in [4.78, 5) is 33.8. The van der Waals surface area contributed by atoms with Gasteiger partial charge in [0.15, 0.2) is 0 Å². The zero-order valence-electron chi connectivity index (χ0n) is 14.5. The highest BCUT2D eigenvalue weighted by Gasteiger charge is 2.11. The molecular formula is C18H18N4O5. The van der Waals surface area contributed by atoms with Crippen LogP contribution >= 0.6 is 0 Å². The summed E-state index contributed by atoms with van der Waals surface area (Å²) in [6.07, 6.45) is 1.14. The molecule has 0 bridgehead atoms. The molecule has 0 aliphatic rings. The van der Waals surface area contributed by atoms with E-state index in [0.29, 0.717) is 16.8 Å². The molecule has 9 nitrogen and oxygen atoms in total. The van der Waals surface area contributed by atoms with Gasteiger partial charge in [-0.2, -0.15) is 5.10 Å². The van der Waals surface area contributed by atoms with E-state index in [1.807, 2.05) is 0 Å². The maximum absolute atomic E-state index is 11.9. The Kier molecular flexibility index (Phi) is 6.59. The van der Waals surface area contributed by atoms with Crippen molar-refractivity contribution in [3.63, 3.8) is 0 Å². The van der Waals surface area contributed by atoms with E-state index >= 15 is 0 Å². The smallest absolute Gasteiger partial charge is 0.269 e. The van der Waals surface area contributed by atoms with Crippen LogP contribution in [0.3, 0.4) is 0 Å². The fourth-order valence-corrected chi connectivity index (χ4v) is 2.17. The van der Waals surface area contributed by atoms with Crippen molar-refractivity contribution in [2.24, 2.45) is 5.10 Å². The van der Waals surface area contributed by atoms with Crippen LogP contribution < -0.4 is 10.7 Å². The molecule has 2 aromatic carbocycles. The average Bonchev–Trinajstić information content (AvgIpc) is 2.63. The lowest BCUT2D eigenvalue weighted by Crippen LogP contribution is -2.20. The number of hydrazone groups is 1. The Balaban J connectivity index is 1.80. The number of hydrogen-bond acceptors (Lipinski definition) is 6. The molecule has 0 unspecified atom stereocenters. The van der Waals surface area contributed by atoms with Crippen molar-refractivity contribution in [1.29, 1.82) is 0 Å². The van der Waals surface area contributed by atoms with E-state index in [1.165, 1.54) is 30.5 Å². The van der Waals surface area contributed by atoms with Gasteiger partial charge in [0.05, 0.1) is 11.1 Å². The predicted octanol–water partition coefficient (Wildman–Crippen LogP) is 2.48. The Morgan fingerprint density at radius 2 is 1.89 bits per heavy atom. The number of nitrogens with zero attached hydrogens (tertiary/aromatic N) is 2. The monoisotopic (exact) mass is 370 g/mol. The van der Waals surface area contributed by atoms with Crippen LogP contribution in [-0.4, -0.2) is 28.1 Å². The fraction of sp³-hybridized carbons (Fsp3) is 0.167. The molecule has 140 valence electrons. The van der Waals surface area contributed by atoms with Gasteiger partial charge in [0.1, 0.15) is 5.75 Å². The Morgan fingerprint density at radius 3 is 2.56 bits per heavy atom. The SMILES string of the molecule is Cc1cc([N+](=O)[O-])ccc1NC(=O)CCC(=O)NN=Cc1ccccc1O. The number of amides is 2. The third-order valence-corrected chi connectivity index (χ3v) is 3.60. The predicted molar refractivity (Wildman–Crippen MR) is 99.5 cm³/mol. The summed E-state index contributed by atoms with van der Waals surface area (Å²) >= 11 is 0. The average molecular weight is 370 g/mol. The molecule has 0 aliphatic carbocycles. The number of hydrogen-bond donors (Lipinski definition) is 3. The molecule has 0 saturated heterocycles. The number of aryl methyl sites for hydroxylation is 1. The van der Waals surface area contributed by atoms with Crippen molar-refractivity contribution in [2.75, 3.05) is 5.32 Å². The molecule has 9 heteroatoms. The van der Waals surface area contributed by atoms with Crippen LogP contribution in [-0.2, 0) is 9.59 Å². The molecule has 0 aromatic heterocycles. The van der Waals surface area contributed by atoms with E-state index in [1.54, 1.807) is 25.1 Å². The largest absolute Gasteiger partial charge is 0.507 e. The molecule has 0 saturated carbocycles. The first-order chi connectivity index (χ1) is 12.9. The topological polar surface area (TPSA) is 134 Å². The number of anilines is 1. The lowest BCUT2D eigenvalue weighted by atomic mass is 10.1. The molecule has 0 aliphatic heterocycles. The van der Waals surface area contributed by atoms with E-state index in [0.717, 1.165) is 0 Å². The van der Waals surface area contributed by atoms with Gasteiger partial charge in [-0.25, -0.2) is 5.43 Å². The number of benzene rings is 2. The first-order valence-corrected chi connectivity index (χ1v) is 8.01. The number of non-ortho nitro benzene ring substituents is 1. The molecule has 0 radical (unpaired) electrons. The number of carbonyl (C=O) groups is 2. The number of phenolic OH excluding ortho intramolecular Hbond substituents is 1. The Hall–Kier alpha value is -3.75. The van der Waals surface area contributed by atoms with Crippen LogP contribution in [0.1, 0.15) is 24.0 Å². The van der Waals surface area contributed by atoms with Crippen LogP contribution in [0.15, 0.2) is 47.6 Å².